The molecule has 2 bridgehead atoms. The van der Waals surface area contributed by atoms with E-state index in [1.165, 1.54) is 24.3 Å². The number of nitrogens with one attached hydrogen (secondary N) is 2. The minimum absolute atomic E-state index is 0.0577. The van der Waals surface area contributed by atoms with Crippen molar-refractivity contribution in [3.63, 3.8) is 0 Å². The maximum Gasteiger partial charge on any atom is 0.262 e. The summed E-state index contributed by atoms with van der Waals surface area (Å²) in [5.41, 5.74) is -0.612. The van der Waals surface area contributed by atoms with Gasteiger partial charge >= 0.3 is 0 Å². The zero-order valence-corrected chi connectivity index (χ0v) is 19.5. The molecule has 1 saturated carbocycles. The predicted octanol–water partition coefficient (Wildman–Crippen LogP) is 2.48. The van der Waals surface area contributed by atoms with Crippen molar-refractivity contribution in [1.29, 1.82) is 0 Å². The standard InChI is InChI=1S/C23H20Cl2F2N2O6/c24-14-3-1-11(5-16(14)26)34-9-19(31)28-21-13-7-23(22(13)33,8-18(21)30)29-20(32)10-35-12-2-4-15(25)17(27)6-12/h1-6,18,22,30,33H,7-10H2,(H,28,31)(H,29,32)/t18-,22+,23?/m0/s1. The van der Waals surface area contributed by atoms with Crippen LogP contribution in [0, 0.1) is 11.6 Å². The summed E-state index contributed by atoms with van der Waals surface area (Å²) in [6, 6.07) is 7.46. The fourth-order valence-corrected chi connectivity index (χ4v) is 4.32. The van der Waals surface area contributed by atoms with Gasteiger partial charge in [0, 0.05) is 24.3 Å². The highest BCUT2D eigenvalue weighted by Gasteiger charge is 2.57. The van der Waals surface area contributed by atoms with E-state index in [1.807, 2.05) is 0 Å². The van der Waals surface area contributed by atoms with E-state index in [4.69, 9.17) is 32.7 Å². The maximum atomic E-state index is 13.5. The summed E-state index contributed by atoms with van der Waals surface area (Å²) in [5.74, 6) is -2.39. The Labute approximate surface area is 208 Å². The summed E-state index contributed by atoms with van der Waals surface area (Å²) in [6.45, 7) is -0.915. The lowest BCUT2D eigenvalue weighted by Gasteiger charge is -2.54. The third-order valence-electron chi connectivity index (χ3n) is 5.78. The van der Waals surface area contributed by atoms with Crippen molar-refractivity contribution in [3.05, 3.63) is 69.3 Å². The third kappa shape index (κ3) is 5.35. The Kier molecular flexibility index (Phi) is 7.18. The molecule has 0 saturated heterocycles. The number of carbonyl (C=O) groups excluding carboxylic acids is 2. The fourth-order valence-electron chi connectivity index (χ4n) is 4.08. The summed E-state index contributed by atoms with van der Waals surface area (Å²) < 4.78 is 37.5. The molecule has 1 unspecified atom stereocenters. The van der Waals surface area contributed by atoms with E-state index >= 15 is 0 Å². The number of benzene rings is 2. The lowest BCUT2D eigenvalue weighted by molar-refractivity contribution is -0.130. The van der Waals surface area contributed by atoms with E-state index < -0.39 is 54.4 Å². The molecule has 3 aliphatic rings. The molecule has 8 nitrogen and oxygen atoms in total. The van der Waals surface area contributed by atoms with Gasteiger partial charge in [-0.3, -0.25) is 9.59 Å². The van der Waals surface area contributed by atoms with Crippen molar-refractivity contribution < 1.29 is 38.1 Å². The van der Waals surface area contributed by atoms with Crippen LogP contribution in [0.1, 0.15) is 12.8 Å². The average molecular weight is 529 g/mol. The van der Waals surface area contributed by atoms with Crippen LogP contribution < -0.4 is 20.1 Å². The Morgan fingerprint density at radius 2 is 1.51 bits per heavy atom. The number of hydrogen-bond donors (Lipinski definition) is 4. The van der Waals surface area contributed by atoms with Crippen LogP contribution in [-0.4, -0.2) is 53.0 Å². The molecule has 0 aliphatic heterocycles. The SMILES string of the molecule is O=C(COc1ccc(Cl)c(F)c1)NC1=C2CC(NC(=O)COc3ccc(Cl)c(F)c3)(C[C@@H]1O)[C@@H]2O. The summed E-state index contributed by atoms with van der Waals surface area (Å²) in [5, 5.41) is 26.1. The molecule has 2 aromatic rings. The monoisotopic (exact) mass is 528 g/mol. The number of halogens is 4. The van der Waals surface area contributed by atoms with Gasteiger partial charge in [0.15, 0.2) is 13.2 Å². The second-order valence-corrected chi connectivity index (χ2v) is 9.03. The van der Waals surface area contributed by atoms with Crippen LogP contribution in [0.4, 0.5) is 8.78 Å². The van der Waals surface area contributed by atoms with E-state index in [-0.39, 0.29) is 40.1 Å². The summed E-state index contributed by atoms with van der Waals surface area (Å²) in [7, 11) is 0. The minimum atomic E-state index is -1.16. The molecule has 3 aliphatic carbocycles. The smallest absolute Gasteiger partial charge is 0.262 e. The van der Waals surface area contributed by atoms with Gasteiger partial charge in [-0.1, -0.05) is 23.2 Å². The molecule has 4 N–H and O–H groups in total. The van der Waals surface area contributed by atoms with Gasteiger partial charge in [0.05, 0.1) is 21.7 Å². The molecule has 1 fully saturated rings. The number of ether oxygens (including phenoxy) is 2. The number of amides is 2. The molecule has 35 heavy (non-hydrogen) atoms. The van der Waals surface area contributed by atoms with E-state index in [0.717, 1.165) is 12.1 Å². The third-order valence-corrected chi connectivity index (χ3v) is 6.39. The van der Waals surface area contributed by atoms with Gasteiger partial charge in [0.1, 0.15) is 29.2 Å². The molecule has 3 atom stereocenters. The number of carbonyl (C=O) groups is 2. The fraction of sp³-hybridized carbons (Fsp3) is 0.304. The first kappa shape index (κ1) is 25.2. The zero-order chi connectivity index (χ0) is 25.3. The summed E-state index contributed by atoms with van der Waals surface area (Å²) in [4.78, 5) is 24.6. The Hall–Kier alpha value is -2.92. The normalized spacial score (nSPS) is 22.8. The van der Waals surface area contributed by atoms with Crippen molar-refractivity contribution in [1.82, 2.24) is 10.6 Å². The maximum absolute atomic E-state index is 13.5. The molecule has 0 aromatic heterocycles. The van der Waals surface area contributed by atoms with Gasteiger partial charge in [-0.2, -0.15) is 0 Å². The first-order valence-corrected chi connectivity index (χ1v) is 11.2. The van der Waals surface area contributed by atoms with Crippen LogP contribution in [0.3, 0.4) is 0 Å². The number of aliphatic hydroxyl groups is 2. The number of hydrogen-bond acceptors (Lipinski definition) is 6. The van der Waals surface area contributed by atoms with E-state index in [2.05, 4.69) is 10.6 Å². The Morgan fingerprint density at radius 1 is 0.971 bits per heavy atom. The molecular formula is C23H20Cl2F2N2O6. The molecule has 186 valence electrons. The molecule has 0 spiro atoms. The predicted molar refractivity (Wildman–Crippen MR) is 121 cm³/mol. The highest BCUT2D eigenvalue weighted by Crippen LogP contribution is 2.48. The molecule has 12 heteroatoms. The van der Waals surface area contributed by atoms with E-state index in [1.54, 1.807) is 0 Å². The van der Waals surface area contributed by atoms with Crippen LogP contribution in [0.5, 0.6) is 11.5 Å². The van der Waals surface area contributed by atoms with Gasteiger partial charge in [-0.25, -0.2) is 8.78 Å². The highest BCUT2D eigenvalue weighted by atomic mass is 35.5. The topological polar surface area (TPSA) is 117 Å². The molecule has 0 radical (unpaired) electrons. The van der Waals surface area contributed by atoms with Gasteiger partial charge < -0.3 is 30.3 Å². The largest absolute Gasteiger partial charge is 0.484 e. The highest BCUT2D eigenvalue weighted by molar-refractivity contribution is 6.31. The Morgan fingerprint density at radius 3 is 2.03 bits per heavy atom. The van der Waals surface area contributed by atoms with E-state index in [0.29, 0.717) is 5.57 Å². The van der Waals surface area contributed by atoms with Gasteiger partial charge in [0.2, 0.25) is 0 Å². The second kappa shape index (κ2) is 9.98. The summed E-state index contributed by atoms with van der Waals surface area (Å²) in [6.07, 6.45) is -2.15. The quantitative estimate of drug-likeness (QED) is 0.418. The van der Waals surface area contributed by atoms with Crippen molar-refractivity contribution >= 4 is 35.0 Å². The van der Waals surface area contributed by atoms with Crippen molar-refractivity contribution in [2.75, 3.05) is 13.2 Å². The summed E-state index contributed by atoms with van der Waals surface area (Å²) >= 11 is 11.2. The lowest BCUT2D eigenvalue weighted by atomic mass is 9.61. The van der Waals surface area contributed by atoms with Crippen LogP contribution >= 0.6 is 23.2 Å². The van der Waals surface area contributed by atoms with Crippen LogP contribution in [0.25, 0.3) is 0 Å². The van der Waals surface area contributed by atoms with Crippen molar-refractivity contribution in [2.24, 2.45) is 0 Å². The van der Waals surface area contributed by atoms with Gasteiger partial charge in [0.25, 0.3) is 11.8 Å². The van der Waals surface area contributed by atoms with Crippen molar-refractivity contribution in [2.45, 2.75) is 30.6 Å². The van der Waals surface area contributed by atoms with Crippen LogP contribution in [-0.2, 0) is 9.59 Å². The lowest BCUT2D eigenvalue weighted by Crippen LogP contribution is -2.70. The van der Waals surface area contributed by atoms with Crippen LogP contribution in [0.2, 0.25) is 10.0 Å². The molecule has 2 aromatic carbocycles. The second-order valence-electron chi connectivity index (χ2n) is 8.22. The average Bonchev–Trinajstić information content (AvgIpc) is 2.81. The zero-order valence-electron chi connectivity index (χ0n) is 18.0. The number of fused-ring (bicyclic) bond motifs is 2. The molecular weight excluding hydrogens is 509 g/mol. The Balaban J connectivity index is 1.31. The van der Waals surface area contributed by atoms with Gasteiger partial charge in [-0.05, 0) is 36.3 Å². The molecule has 2 amide bonds. The van der Waals surface area contributed by atoms with Crippen molar-refractivity contribution in [3.8, 4) is 11.5 Å². The molecule has 5 rings (SSSR count). The number of rotatable bonds is 8. The van der Waals surface area contributed by atoms with Gasteiger partial charge in [-0.15, -0.1) is 0 Å². The number of aliphatic hydroxyl groups excluding tert-OH is 2. The van der Waals surface area contributed by atoms with E-state index in [9.17, 15) is 28.6 Å². The minimum Gasteiger partial charge on any atom is -0.484 e. The first-order valence-electron chi connectivity index (χ1n) is 10.4. The Bertz CT molecular complexity index is 1210. The molecule has 0 heterocycles. The first-order chi connectivity index (χ1) is 16.6. The van der Waals surface area contributed by atoms with Crippen LogP contribution in [0.15, 0.2) is 47.7 Å².